The molecule has 0 fully saturated rings. The lowest BCUT2D eigenvalue weighted by molar-refractivity contribution is -0.739. The molecule has 0 bridgehead atoms. The summed E-state index contributed by atoms with van der Waals surface area (Å²) in [6.07, 6.45) is 1.86. The van der Waals surface area contributed by atoms with E-state index in [0.717, 1.165) is 30.8 Å². The third-order valence-corrected chi connectivity index (χ3v) is 13.5. The Balaban J connectivity index is 0.966. The van der Waals surface area contributed by atoms with Gasteiger partial charge >= 0.3 is 0 Å². The Hall–Kier alpha value is -7.41. The van der Waals surface area contributed by atoms with Crippen LogP contribution < -0.4 is 25.3 Å². The zero-order valence-corrected chi connectivity index (χ0v) is 36.4. The van der Waals surface area contributed by atoms with Crippen LogP contribution in [0.15, 0.2) is 211 Å². The molecule has 3 aliphatic heterocycles. The summed E-state index contributed by atoms with van der Waals surface area (Å²) in [6.45, 7) is 3.19. The van der Waals surface area contributed by atoms with Gasteiger partial charge in [-0.3, -0.25) is 5.32 Å². The number of para-hydroxylation sites is 4. The molecule has 4 atom stereocenters. The Bertz CT molecular complexity index is 2950. The van der Waals surface area contributed by atoms with Crippen molar-refractivity contribution < 1.29 is 5.32 Å². The summed E-state index contributed by atoms with van der Waals surface area (Å²) in [7, 11) is 2.18. The highest BCUT2D eigenvalue weighted by atomic mass is 15.3. The van der Waals surface area contributed by atoms with E-state index < -0.39 is 0 Å². The molecule has 4 unspecified atom stereocenters. The number of aliphatic imine (C=N–C) groups is 1. The number of nitrogens with zero attached hydrogens (tertiary/aromatic N) is 4. The van der Waals surface area contributed by atoms with Crippen LogP contribution >= 0.6 is 0 Å². The lowest BCUT2D eigenvalue weighted by Crippen LogP contribution is -2.90. The van der Waals surface area contributed by atoms with Gasteiger partial charge in [-0.25, -0.2) is 4.99 Å². The normalized spacial score (nSPS) is 18.4. The molecule has 3 heterocycles. The fraction of sp³-hybridized carbons (Fsp3) is 0.155. The molecule has 3 aliphatic rings. The Morgan fingerprint density at radius 1 is 0.562 bits per heavy atom. The second-order valence-corrected chi connectivity index (χ2v) is 17.2. The molecule has 8 aromatic carbocycles. The van der Waals surface area contributed by atoms with Crippen molar-refractivity contribution in [1.29, 1.82) is 0 Å². The molecule has 0 saturated heterocycles. The molecule has 64 heavy (non-hydrogen) atoms. The first kappa shape index (κ1) is 39.4. The van der Waals surface area contributed by atoms with Crippen molar-refractivity contribution in [2.24, 2.45) is 4.99 Å². The minimum Gasteiger partial charge on any atom is -0.375 e. The largest absolute Gasteiger partial charge is 0.375 e. The molecule has 0 spiro atoms. The zero-order chi connectivity index (χ0) is 43.0. The number of hydrogen-bond acceptors (Lipinski definition) is 5. The summed E-state index contributed by atoms with van der Waals surface area (Å²) in [5.41, 5.74) is 17.6. The Kier molecular flexibility index (Phi) is 10.5. The van der Waals surface area contributed by atoms with Gasteiger partial charge < -0.3 is 20.0 Å². The van der Waals surface area contributed by atoms with Gasteiger partial charge in [0.15, 0.2) is 6.17 Å². The Morgan fingerprint density at radius 2 is 1.19 bits per heavy atom. The summed E-state index contributed by atoms with van der Waals surface area (Å²) in [5, 5.41) is 6.13. The number of hydrogen-bond donors (Lipinski definition) is 2. The molecule has 314 valence electrons. The van der Waals surface area contributed by atoms with E-state index in [2.05, 4.69) is 246 Å². The zero-order valence-electron chi connectivity index (χ0n) is 36.4. The average Bonchev–Trinajstić information content (AvgIpc) is 3.65. The summed E-state index contributed by atoms with van der Waals surface area (Å²) in [6, 6.07) is 75.7. The van der Waals surface area contributed by atoms with E-state index >= 15 is 0 Å². The Labute approximate surface area is 377 Å². The first-order chi connectivity index (χ1) is 31.6. The summed E-state index contributed by atoms with van der Waals surface area (Å²) < 4.78 is 0. The van der Waals surface area contributed by atoms with Crippen LogP contribution in [-0.4, -0.2) is 19.4 Å². The molecule has 6 heteroatoms. The molecule has 11 rings (SSSR count). The minimum atomic E-state index is -0.0655. The number of nitrogens with one attached hydrogen (secondary N) is 1. The predicted octanol–water partition coefficient (Wildman–Crippen LogP) is 12.0. The van der Waals surface area contributed by atoms with Crippen LogP contribution in [0.2, 0.25) is 0 Å². The van der Waals surface area contributed by atoms with Gasteiger partial charge in [0, 0.05) is 59.0 Å². The SMILES string of the molecule is CCN(C)c1ccccc1CCc1cccc(N2c3ccccc3C3c4ccccc4N(c4ccc(C5NC(c6ccccc6)=NC(c6ccccc6)[NH2+]5)cc4)C3c3ccccc32)c1. The fourth-order valence-corrected chi connectivity index (χ4v) is 10.3. The molecule has 3 N–H and O–H groups in total. The van der Waals surface area contributed by atoms with E-state index in [1.165, 1.54) is 73.1 Å². The van der Waals surface area contributed by atoms with E-state index in [0.29, 0.717) is 0 Å². The third kappa shape index (κ3) is 7.20. The van der Waals surface area contributed by atoms with Crippen LogP contribution in [0.25, 0.3) is 0 Å². The highest BCUT2D eigenvalue weighted by Gasteiger charge is 2.46. The van der Waals surface area contributed by atoms with Gasteiger partial charge in [0.25, 0.3) is 0 Å². The van der Waals surface area contributed by atoms with Crippen molar-refractivity contribution in [2.45, 2.75) is 44.1 Å². The quantitative estimate of drug-likeness (QED) is 0.144. The number of anilines is 6. The van der Waals surface area contributed by atoms with Crippen molar-refractivity contribution in [2.75, 3.05) is 28.3 Å². The number of rotatable bonds is 10. The van der Waals surface area contributed by atoms with E-state index in [-0.39, 0.29) is 24.3 Å². The first-order valence-electron chi connectivity index (χ1n) is 22.8. The first-order valence-corrected chi connectivity index (χ1v) is 22.8. The lowest BCUT2D eigenvalue weighted by Gasteiger charge is -2.33. The summed E-state index contributed by atoms with van der Waals surface area (Å²) >= 11 is 0. The van der Waals surface area contributed by atoms with Gasteiger partial charge in [0.05, 0.1) is 17.4 Å². The molecule has 0 amide bonds. The highest BCUT2D eigenvalue weighted by Crippen LogP contribution is 2.61. The minimum absolute atomic E-state index is 0.0206. The summed E-state index contributed by atoms with van der Waals surface area (Å²) in [4.78, 5) is 12.7. The van der Waals surface area contributed by atoms with E-state index in [9.17, 15) is 0 Å². The van der Waals surface area contributed by atoms with Crippen molar-refractivity contribution in [3.63, 3.8) is 0 Å². The lowest BCUT2D eigenvalue weighted by atomic mass is 9.84. The molecule has 8 aromatic rings. The van der Waals surface area contributed by atoms with Crippen LogP contribution in [-0.2, 0) is 12.8 Å². The maximum atomic E-state index is 5.20. The van der Waals surface area contributed by atoms with Crippen LogP contribution in [0.1, 0.15) is 75.7 Å². The maximum absolute atomic E-state index is 5.20. The number of amidine groups is 1. The number of nitrogens with two attached hydrogens (primary N) is 1. The van der Waals surface area contributed by atoms with Crippen LogP contribution in [0.3, 0.4) is 0 Å². The number of aryl methyl sites for hydroxylation is 2. The van der Waals surface area contributed by atoms with Gasteiger partial charge in [0.2, 0.25) is 6.17 Å². The topological polar surface area (TPSA) is 50.7 Å². The van der Waals surface area contributed by atoms with Gasteiger partial charge in [-0.2, -0.15) is 0 Å². The molecule has 0 radical (unpaired) electrons. The third-order valence-electron chi connectivity index (χ3n) is 13.5. The van der Waals surface area contributed by atoms with E-state index in [1.54, 1.807) is 0 Å². The highest BCUT2D eigenvalue weighted by molar-refractivity contribution is 5.99. The molecular formula is C58H53N6+. The molecular weight excluding hydrogens is 781 g/mol. The number of fused-ring (bicyclic) bond motifs is 7. The van der Waals surface area contributed by atoms with E-state index in [1.807, 2.05) is 0 Å². The molecule has 0 aromatic heterocycles. The monoisotopic (exact) mass is 833 g/mol. The maximum Gasteiger partial charge on any atom is 0.209 e. The van der Waals surface area contributed by atoms with Gasteiger partial charge in [-0.1, -0.05) is 146 Å². The molecule has 6 nitrogen and oxygen atoms in total. The number of benzene rings is 8. The standard InChI is InChI=1S/C58H52N6/c1-3-62(2)50-29-14-10-20-41(50)34-33-40-19-18-25-46(39-40)63-51-30-15-11-26-47(51)54-48-27-12-16-31-52(48)64(55(54)49-28-13-17-32-53(49)63)45-37-35-44(36-38-45)58-60-56(42-21-6-4-7-22-42)59-57(61-58)43-23-8-5-9-24-43/h4-32,35-39,54-56,58,60H,3,33-34H2,1-2H3,(H,59,61)/p+1. The van der Waals surface area contributed by atoms with Crippen molar-refractivity contribution in [1.82, 2.24) is 5.32 Å². The van der Waals surface area contributed by atoms with Crippen molar-refractivity contribution in [3.05, 3.63) is 251 Å². The second kappa shape index (κ2) is 17.0. The smallest absolute Gasteiger partial charge is 0.209 e. The van der Waals surface area contributed by atoms with E-state index in [4.69, 9.17) is 4.99 Å². The number of quaternary nitrogens is 1. The van der Waals surface area contributed by atoms with Gasteiger partial charge in [-0.15, -0.1) is 0 Å². The van der Waals surface area contributed by atoms with Crippen LogP contribution in [0, 0.1) is 0 Å². The van der Waals surface area contributed by atoms with Gasteiger partial charge in [-0.05, 0) is 108 Å². The fourth-order valence-electron chi connectivity index (χ4n) is 10.3. The van der Waals surface area contributed by atoms with Gasteiger partial charge in [0.1, 0.15) is 5.84 Å². The molecule has 0 aliphatic carbocycles. The summed E-state index contributed by atoms with van der Waals surface area (Å²) in [5.74, 6) is 1.02. The van der Waals surface area contributed by atoms with Crippen molar-refractivity contribution in [3.8, 4) is 0 Å². The molecule has 0 saturated carbocycles. The second-order valence-electron chi connectivity index (χ2n) is 17.2. The van der Waals surface area contributed by atoms with Crippen LogP contribution in [0.5, 0.6) is 0 Å². The predicted molar refractivity (Wildman–Crippen MR) is 263 cm³/mol. The van der Waals surface area contributed by atoms with Crippen LogP contribution in [0.4, 0.5) is 34.1 Å². The van der Waals surface area contributed by atoms with Crippen molar-refractivity contribution >= 4 is 40.0 Å². The Morgan fingerprint density at radius 3 is 1.94 bits per heavy atom. The average molecular weight is 834 g/mol.